The monoisotopic (exact) mass is 291 g/mol. The summed E-state index contributed by atoms with van der Waals surface area (Å²) in [5, 5.41) is 1.23. The van der Waals surface area contributed by atoms with Crippen molar-refractivity contribution in [3.63, 3.8) is 0 Å². The average Bonchev–Trinajstić information content (AvgIpc) is 2.56. The number of aromatic nitrogens is 2. The Morgan fingerprint density at radius 3 is 2.59 bits per heavy atom. The third-order valence-electron chi connectivity index (χ3n) is 3.91. The standard InChI is InChI=1S/C19H21N3/c1-3-15-8-9-17(21-12-15)14-22(2)13-16-10-11-20-19-7-5-4-6-18(16)19/h4-12H,3,13-14H2,1-2H3. The minimum Gasteiger partial charge on any atom is -0.296 e. The van der Waals surface area contributed by atoms with E-state index >= 15 is 0 Å². The van der Waals surface area contributed by atoms with Crippen LogP contribution in [0.3, 0.4) is 0 Å². The second-order valence-corrected chi connectivity index (χ2v) is 5.67. The van der Waals surface area contributed by atoms with Gasteiger partial charge in [-0.05, 0) is 42.8 Å². The smallest absolute Gasteiger partial charge is 0.0705 e. The van der Waals surface area contributed by atoms with Gasteiger partial charge in [-0.15, -0.1) is 0 Å². The van der Waals surface area contributed by atoms with E-state index in [-0.39, 0.29) is 0 Å². The molecule has 0 bridgehead atoms. The second-order valence-electron chi connectivity index (χ2n) is 5.67. The second kappa shape index (κ2) is 6.67. The molecule has 0 saturated heterocycles. The maximum absolute atomic E-state index is 4.54. The Morgan fingerprint density at radius 1 is 0.955 bits per heavy atom. The molecule has 0 unspecified atom stereocenters. The van der Waals surface area contributed by atoms with Crippen molar-refractivity contribution < 1.29 is 0 Å². The highest BCUT2D eigenvalue weighted by Gasteiger charge is 2.06. The Bertz CT molecular complexity index is 745. The van der Waals surface area contributed by atoms with Gasteiger partial charge in [0.25, 0.3) is 0 Å². The fourth-order valence-electron chi connectivity index (χ4n) is 2.67. The zero-order chi connectivity index (χ0) is 15.4. The molecule has 22 heavy (non-hydrogen) atoms. The van der Waals surface area contributed by atoms with Gasteiger partial charge in [-0.25, -0.2) is 0 Å². The third-order valence-corrected chi connectivity index (χ3v) is 3.91. The van der Waals surface area contributed by atoms with Crippen LogP contribution in [0.4, 0.5) is 0 Å². The fourth-order valence-corrected chi connectivity index (χ4v) is 2.67. The van der Waals surface area contributed by atoms with Crippen LogP contribution in [0.25, 0.3) is 10.9 Å². The molecule has 0 N–H and O–H groups in total. The minimum atomic E-state index is 0.848. The molecule has 112 valence electrons. The van der Waals surface area contributed by atoms with Gasteiger partial charge in [0.2, 0.25) is 0 Å². The lowest BCUT2D eigenvalue weighted by molar-refractivity contribution is 0.316. The number of hydrogen-bond acceptors (Lipinski definition) is 3. The fraction of sp³-hybridized carbons (Fsp3) is 0.263. The van der Waals surface area contributed by atoms with Crippen molar-refractivity contribution in [2.24, 2.45) is 0 Å². The first kappa shape index (κ1) is 14.7. The van der Waals surface area contributed by atoms with Gasteiger partial charge in [0, 0.05) is 30.9 Å². The van der Waals surface area contributed by atoms with E-state index in [0.717, 1.165) is 30.7 Å². The van der Waals surface area contributed by atoms with Crippen LogP contribution in [-0.2, 0) is 19.5 Å². The van der Waals surface area contributed by atoms with Crippen molar-refractivity contribution in [2.75, 3.05) is 7.05 Å². The molecule has 2 aromatic heterocycles. The molecule has 1 aromatic carbocycles. The van der Waals surface area contributed by atoms with Crippen LogP contribution in [0.5, 0.6) is 0 Å². The first-order valence-corrected chi connectivity index (χ1v) is 7.71. The van der Waals surface area contributed by atoms with E-state index in [4.69, 9.17) is 0 Å². The first-order valence-electron chi connectivity index (χ1n) is 7.71. The molecule has 0 amide bonds. The Kier molecular flexibility index (Phi) is 4.45. The molecule has 0 atom stereocenters. The molecule has 0 aliphatic heterocycles. The Balaban J connectivity index is 1.73. The van der Waals surface area contributed by atoms with E-state index < -0.39 is 0 Å². The van der Waals surface area contributed by atoms with Crippen LogP contribution in [0.1, 0.15) is 23.7 Å². The summed E-state index contributed by atoms with van der Waals surface area (Å²) in [6, 6.07) is 14.7. The highest BCUT2D eigenvalue weighted by Crippen LogP contribution is 2.18. The molecule has 0 spiro atoms. The van der Waals surface area contributed by atoms with Gasteiger partial charge in [-0.2, -0.15) is 0 Å². The number of nitrogens with zero attached hydrogens (tertiary/aromatic N) is 3. The van der Waals surface area contributed by atoms with E-state index in [9.17, 15) is 0 Å². The predicted molar refractivity (Wildman–Crippen MR) is 90.5 cm³/mol. The van der Waals surface area contributed by atoms with Gasteiger partial charge in [0.05, 0.1) is 11.2 Å². The summed E-state index contributed by atoms with van der Waals surface area (Å²) in [5.74, 6) is 0. The van der Waals surface area contributed by atoms with Crippen molar-refractivity contribution in [2.45, 2.75) is 26.4 Å². The molecule has 0 aliphatic rings. The van der Waals surface area contributed by atoms with Crippen LogP contribution < -0.4 is 0 Å². The maximum Gasteiger partial charge on any atom is 0.0705 e. The summed E-state index contributed by atoms with van der Waals surface area (Å²) in [4.78, 5) is 11.2. The summed E-state index contributed by atoms with van der Waals surface area (Å²) < 4.78 is 0. The summed E-state index contributed by atoms with van der Waals surface area (Å²) in [6.07, 6.45) is 4.90. The lowest BCUT2D eigenvalue weighted by atomic mass is 10.1. The molecular formula is C19H21N3. The highest BCUT2D eigenvalue weighted by molar-refractivity contribution is 5.81. The zero-order valence-corrected chi connectivity index (χ0v) is 13.2. The topological polar surface area (TPSA) is 29.0 Å². The molecule has 0 aliphatic carbocycles. The molecule has 3 rings (SSSR count). The molecule has 0 saturated carbocycles. The van der Waals surface area contributed by atoms with Gasteiger partial charge >= 0.3 is 0 Å². The SMILES string of the molecule is CCc1ccc(CN(C)Cc2ccnc3ccccc23)nc1. The summed E-state index contributed by atoms with van der Waals surface area (Å²) in [6.45, 7) is 3.89. The maximum atomic E-state index is 4.54. The predicted octanol–water partition coefficient (Wildman–Crippen LogP) is 3.82. The normalized spacial score (nSPS) is 11.2. The quantitative estimate of drug-likeness (QED) is 0.715. The van der Waals surface area contributed by atoms with Crippen molar-refractivity contribution in [1.82, 2.24) is 14.9 Å². The molecule has 0 fully saturated rings. The van der Waals surface area contributed by atoms with E-state index in [1.54, 1.807) is 0 Å². The molecule has 3 heteroatoms. The number of pyridine rings is 2. The van der Waals surface area contributed by atoms with Crippen LogP contribution in [0.15, 0.2) is 54.9 Å². The Hall–Kier alpha value is -2.26. The lowest BCUT2D eigenvalue weighted by Gasteiger charge is -2.17. The number of benzene rings is 1. The number of para-hydroxylation sites is 1. The van der Waals surface area contributed by atoms with E-state index in [0.29, 0.717) is 0 Å². The molecule has 3 nitrogen and oxygen atoms in total. The van der Waals surface area contributed by atoms with Gasteiger partial charge in [-0.3, -0.25) is 14.9 Å². The van der Waals surface area contributed by atoms with Crippen LogP contribution >= 0.6 is 0 Å². The number of aryl methyl sites for hydroxylation is 1. The van der Waals surface area contributed by atoms with Crippen molar-refractivity contribution in [1.29, 1.82) is 0 Å². The molecule has 3 aromatic rings. The summed E-state index contributed by atoms with van der Waals surface area (Å²) in [7, 11) is 2.13. The number of fused-ring (bicyclic) bond motifs is 1. The van der Waals surface area contributed by atoms with Crippen molar-refractivity contribution in [3.8, 4) is 0 Å². The first-order chi connectivity index (χ1) is 10.8. The van der Waals surface area contributed by atoms with Gasteiger partial charge < -0.3 is 0 Å². The Morgan fingerprint density at radius 2 is 1.82 bits per heavy atom. The summed E-state index contributed by atoms with van der Waals surface area (Å²) in [5.41, 5.74) is 4.75. The van der Waals surface area contributed by atoms with Crippen molar-refractivity contribution in [3.05, 3.63) is 71.7 Å². The third kappa shape index (κ3) is 3.31. The summed E-state index contributed by atoms with van der Waals surface area (Å²) >= 11 is 0. The van der Waals surface area contributed by atoms with Gasteiger partial charge in [0.1, 0.15) is 0 Å². The van der Waals surface area contributed by atoms with Gasteiger partial charge in [0.15, 0.2) is 0 Å². The van der Waals surface area contributed by atoms with Crippen molar-refractivity contribution >= 4 is 10.9 Å². The molecule has 0 radical (unpaired) electrons. The van der Waals surface area contributed by atoms with Crippen LogP contribution in [-0.4, -0.2) is 21.9 Å². The van der Waals surface area contributed by atoms with Crippen LogP contribution in [0, 0.1) is 0 Å². The van der Waals surface area contributed by atoms with E-state index in [1.807, 2.05) is 18.5 Å². The molecular weight excluding hydrogens is 270 g/mol. The molecule has 2 heterocycles. The van der Waals surface area contributed by atoms with Gasteiger partial charge in [-0.1, -0.05) is 31.2 Å². The van der Waals surface area contributed by atoms with Crippen LogP contribution in [0.2, 0.25) is 0 Å². The number of rotatable bonds is 5. The van der Waals surface area contributed by atoms with E-state index in [1.165, 1.54) is 16.5 Å². The zero-order valence-electron chi connectivity index (χ0n) is 13.2. The average molecular weight is 291 g/mol. The number of hydrogen-bond donors (Lipinski definition) is 0. The highest BCUT2D eigenvalue weighted by atomic mass is 15.1. The Labute approximate surface area is 131 Å². The minimum absolute atomic E-state index is 0.848. The lowest BCUT2D eigenvalue weighted by Crippen LogP contribution is -2.18. The largest absolute Gasteiger partial charge is 0.296 e. The van der Waals surface area contributed by atoms with E-state index in [2.05, 4.69) is 65.2 Å².